The molecule has 0 radical (unpaired) electrons. The summed E-state index contributed by atoms with van der Waals surface area (Å²) in [6.07, 6.45) is 1.69. The van der Waals surface area contributed by atoms with Gasteiger partial charge >= 0.3 is 0 Å². The van der Waals surface area contributed by atoms with Gasteiger partial charge in [-0.25, -0.2) is 4.98 Å². The number of primary amides is 1. The zero-order valence-corrected chi connectivity index (χ0v) is 13.1. The Morgan fingerprint density at radius 2 is 1.80 bits per heavy atom. The SMILES string of the molecule is Cc1ccnc(Oc2c(C)cc(C(N)=O)cc2C)c1Br. The third-order valence-corrected chi connectivity index (χ3v) is 3.96. The van der Waals surface area contributed by atoms with Crippen LogP contribution < -0.4 is 10.5 Å². The number of halogens is 1. The van der Waals surface area contributed by atoms with Crippen LogP contribution in [0.5, 0.6) is 11.6 Å². The van der Waals surface area contributed by atoms with Gasteiger partial charge in [0.2, 0.25) is 11.8 Å². The molecule has 0 bridgehead atoms. The van der Waals surface area contributed by atoms with Crippen molar-refractivity contribution >= 4 is 21.8 Å². The maximum Gasteiger partial charge on any atom is 0.248 e. The lowest BCUT2D eigenvalue weighted by atomic mass is 10.1. The lowest BCUT2D eigenvalue weighted by molar-refractivity contribution is 0.1000. The normalized spacial score (nSPS) is 10.4. The highest BCUT2D eigenvalue weighted by Crippen LogP contribution is 2.33. The van der Waals surface area contributed by atoms with E-state index in [2.05, 4.69) is 20.9 Å². The maximum absolute atomic E-state index is 11.2. The van der Waals surface area contributed by atoms with E-state index in [-0.39, 0.29) is 0 Å². The van der Waals surface area contributed by atoms with E-state index in [0.717, 1.165) is 21.2 Å². The molecule has 1 heterocycles. The molecule has 0 aliphatic rings. The molecule has 2 aromatic rings. The second kappa shape index (κ2) is 5.63. The van der Waals surface area contributed by atoms with Crippen molar-refractivity contribution in [3.05, 3.63) is 51.1 Å². The van der Waals surface area contributed by atoms with Crippen LogP contribution in [0.25, 0.3) is 0 Å². The van der Waals surface area contributed by atoms with Gasteiger partial charge in [0.15, 0.2) is 0 Å². The number of ether oxygens (including phenoxy) is 1. The average Bonchev–Trinajstić information content (AvgIpc) is 2.38. The Bertz CT molecular complexity index is 661. The van der Waals surface area contributed by atoms with Gasteiger partial charge in [0, 0.05) is 11.8 Å². The van der Waals surface area contributed by atoms with Gasteiger partial charge in [-0.2, -0.15) is 0 Å². The minimum atomic E-state index is -0.447. The molecule has 0 saturated heterocycles. The molecule has 0 spiro atoms. The maximum atomic E-state index is 11.2. The number of amides is 1. The fourth-order valence-corrected chi connectivity index (χ4v) is 2.25. The summed E-state index contributed by atoms with van der Waals surface area (Å²) in [5.74, 6) is 0.745. The van der Waals surface area contributed by atoms with E-state index in [0.29, 0.717) is 17.2 Å². The first-order valence-corrected chi connectivity index (χ1v) is 6.89. The summed E-state index contributed by atoms with van der Waals surface area (Å²) in [4.78, 5) is 15.4. The molecule has 0 unspecified atom stereocenters. The number of carbonyl (C=O) groups excluding carboxylic acids is 1. The summed E-state index contributed by atoms with van der Waals surface area (Å²) in [5, 5.41) is 0. The Hall–Kier alpha value is -1.88. The number of nitrogens with two attached hydrogens (primary N) is 1. The van der Waals surface area contributed by atoms with E-state index >= 15 is 0 Å². The van der Waals surface area contributed by atoms with Crippen LogP contribution in [-0.4, -0.2) is 10.9 Å². The van der Waals surface area contributed by atoms with Crippen LogP contribution >= 0.6 is 15.9 Å². The van der Waals surface area contributed by atoms with Crippen molar-refractivity contribution < 1.29 is 9.53 Å². The predicted octanol–water partition coefficient (Wildman–Crippen LogP) is 3.66. The molecular weight excluding hydrogens is 320 g/mol. The van der Waals surface area contributed by atoms with Crippen LogP contribution in [0.15, 0.2) is 28.9 Å². The first-order valence-electron chi connectivity index (χ1n) is 6.10. The van der Waals surface area contributed by atoms with E-state index < -0.39 is 5.91 Å². The smallest absolute Gasteiger partial charge is 0.248 e. The highest BCUT2D eigenvalue weighted by molar-refractivity contribution is 9.10. The topological polar surface area (TPSA) is 65.2 Å². The third-order valence-electron chi connectivity index (χ3n) is 2.99. The molecule has 20 heavy (non-hydrogen) atoms. The zero-order valence-electron chi connectivity index (χ0n) is 11.5. The molecule has 104 valence electrons. The lowest BCUT2D eigenvalue weighted by Crippen LogP contribution is -2.11. The molecule has 1 aromatic heterocycles. The largest absolute Gasteiger partial charge is 0.437 e. The van der Waals surface area contributed by atoms with Crippen molar-refractivity contribution in [1.29, 1.82) is 0 Å². The number of aromatic nitrogens is 1. The molecule has 0 saturated carbocycles. The molecule has 0 aliphatic heterocycles. The molecule has 2 N–H and O–H groups in total. The molecule has 4 nitrogen and oxygen atoms in total. The number of hydrogen-bond donors (Lipinski definition) is 1. The van der Waals surface area contributed by atoms with Crippen LogP contribution in [-0.2, 0) is 0 Å². The summed E-state index contributed by atoms with van der Waals surface area (Å²) in [6.45, 7) is 5.71. The molecule has 1 amide bonds. The highest BCUT2D eigenvalue weighted by atomic mass is 79.9. The van der Waals surface area contributed by atoms with E-state index in [1.807, 2.05) is 26.8 Å². The summed E-state index contributed by atoms with van der Waals surface area (Å²) >= 11 is 3.46. The van der Waals surface area contributed by atoms with Crippen LogP contribution in [0.2, 0.25) is 0 Å². The summed E-state index contributed by atoms with van der Waals surface area (Å²) in [6, 6.07) is 5.33. The highest BCUT2D eigenvalue weighted by Gasteiger charge is 2.13. The van der Waals surface area contributed by atoms with Crippen molar-refractivity contribution in [2.75, 3.05) is 0 Å². The number of benzene rings is 1. The van der Waals surface area contributed by atoms with Gasteiger partial charge in [0.05, 0.1) is 4.47 Å². The van der Waals surface area contributed by atoms with Gasteiger partial charge < -0.3 is 10.5 Å². The number of pyridine rings is 1. The summed E-state index contributed by atoms with van der Waals surface area (Å²) in [7, 11) is 0. The Kier molecular flexibility index (Phi) is 4.09. The van der Waals surface area contributed by atoms with Crippen LogP contribution in [0.4, 0.5) is 0 Å². The third kappa shape index (κ3) is 2.82. The van der Waals surface area contributed by atoms with Gasteiger partial charge in [-0.1, -0.05) is 0 Å². The van der Waals surface area contributed by atoms with E-state index in [1.54, 1.807) is 18.3 Å². The van der Waals surface area contributed by atoms with E-state index in [1.165, 1.54) is 0 Å². The second-order valence-electron chi connectivity index (χ2n) is 4.65. The number of nitrogens with zero attached hydrogens (tertiary/aromatic N) is 1. The zero-order chi connectivity index (χ0) is 14.9. The quantitative estimate of drug-likeness (QED) is 0.931. The number of aryl methyl sites for hydroxylation is 3. The minimum Gasteiger partial charge on any atom is -0.437 e. The number of hydrogen-bond acceptors (Lipinski definition) is 3. The van der Waals surface area contributed by atoms with Crippen LogP contribution in [0, 0.1) is 20.8 Å². The Morgan fingerprint density at radius 1 is 1.20 bits per heavy atom. The lowest BCUT2D eigenvalue weighted by Gasteiger charge is -2.13. The Balaban J connectivity index is 2.44. The Labute approximate surface area is 126 Å². The standard InChI is InChI=1S/C15H15BrN2O2/c1-8-4-5-18-15(12(8)16)20-13-9(2)6-11(14(17)19)7-10(13)3/h4-7H,1-3H3,(H2,17,19). The van der Waals surface area contributed by atoms with Gasteiger partial charge in [0.25, 0.3) is 0 Å². The average molecular weight is 335 g/mol. The van der Waals surface area contributed by atoms with Gasteiger partial charge in [-0.3, -0.25) is 4.79 Å². The minimum absolute atomic E-state index is 0.447. The molecule has 0 atom stereocenters. The van der Waals surface area contributed by atoms with E-state index in [4.69, 9.17) is 10.5 Å². The predicted molar refractivity (Wildman–Crippen MR) is 81.2 cm³/mol. The molecule has 0 fully saturated rings. The first-order chi connectivity index (χ1) is 9.40. The molecule has 0 aliphatic carbocycles. The van der Waals surface area contributed by atoms with Crippen molar-refractivity contribution in [2.24, 2.45) is 5.73 Å². The van der Waals surface area contributed by atoms with Crippen LogP contribution in [0.3, 0.4) is 0 Å². The number of rotatable bonds is 3. The number of carbonyl (C=O) groups is 1. The monoisotopic (exact) mass is 334 g/mol. The fraction of sp³-hybridized carbons (Fsp3) is 0.200. The van der Waals surface area contributed by atoms with Gasteiger partial charge in [0.1, 0.15) is 5.75 Å². The van der Waals surface area contributed by atoms with Gasteiger partial charge in [-0.05, 0) is 71.6 Å². The van der Waals surface area contributed by atoms with Crippen LogP contribution in [0.1, 0.15) is 27.0 Å². The second-order valence-corrected chi connectivity index (χ2v) is 5.45. The molecule has 2 rings (SSSR count). The fourth-order valence-electron chi connectivity index (χ4n) is 1.94. The van der Waals surface area contributed by atoms with Crippen molar-refractivity contribution in [1.82, 2.24) is 4.98 Å². The Morgan fingerprint density at radius 3 is 2.35 bits per heavy atom. The van der Waals surface area contributed by atoms with Crippen molar-refractivity contribution in [2.45, 2.75) is 20.8 Å². The van der Waals surface area contributed by atoms with E-state index in [9.17, 15) is 4.79 Å². The van der Waals surface area contributed by atoms with Gasteiger partial charge in [-0.15, -0.1) is 0 Å². The van der Waals surface area contributed by atoms with Crippen molar-refractivity contribution in [3.8, 4) is 11.6 Å². The summed E-state index contributed by atoms with van der Waals surface area (Å²) in [5.41, 5.74) is 8.50. The molecule has 1 aromatic carbocycles. The van der Waals surface area contributed by atoms with Crippen molar-refractivity contribution in [3.63, 3.8) is 0 Å². The summed E-state index contributed by atoms with van der Waals surface area (Å²) < 4.78 is 6.69. The molecular formula is C15H15BrN2O2. The molecule has 5 heteroatoms. The first kappa shape index (κ1) is 14.5.